The lowest BCUT2D eigenvalue weighted by Crippen LogP contribution is -2.36. The fourth-order valence-electron chi connectivity index (χ4n) is 3.79. The van der Waals surface area contributed by atoms with E-state index in [1.54, 1.807) is 0 Å². The summed E-state index contributed by atoms with van der Waals surface area (Å²) in [6.07, 6.45) is 4.27. The zero-order chi connectivity index (χ0) is 17.9. The Bertz CT molecular complexity index is 914. The number of aromatic amines is 1. The molecule has 4 rings (SSSR count). The first-order valence-corrected chi connectivity index (χ1v) is 9.44. The average Bonchev–Trinajstić information content (AvgIpc) is 3.33. The summed E-state index contributed by atoms with van der Waals surface area (Å²) in [6, 6.07) is 15.8. The average molecular weight is 368 g/mol. The van der Waals surface area contributed by atoms with E-state index in [0.29, 0.717) is 12.1 Å². The van der Waals surface area contributed by atoms with Crippen molar-refractivity contribution in [3.8, 4) is 0 Å². The number of benzene rings is 2. The molecule has 1 aliphatic rings. The first-order valence-electron chi connectivity index (χ1n) is 9.06. The number of nitrogens with one attached hydrogen (secondary N) is 2. The fraction of sp³-hybridized carbons (Fsp3) is 0.286. The van der Waals surface area contributed by atoms with E-state index in [1.807, 2.05) is 48.7 Å². The Balaban J connectivity index is 1.54. The van der Waals surface area contributed by atoms with Crippen LogP contribution >= 0.6 is 11.6 Å². The largest absolute Gasteiger partial charge is 0.361 e. The highest BCUT2D eigenvalue weighted by molar-refractivity contribution is 6.30. The number of likely N-dealkylation sites (tertiary alicyclic amines) is 1. The Morgan fingerprint density at radius 2 is 1.96 bits per heavy atom. The molecule has 1 amide bonds. The molecule has 3 aromatic rings. The Labute approximate surface area is 158 Å². The van der Waals surface area contributed by atoms with Crippen molar-refractivity contribution in [3.05, 3.63) is 70.9 Å². The highest BCUT2D eigenvalue weighted by Gasteiger charge is 2.24. The van der Waals surface area contributed by atoms with E-state index in [9.17, 15) is 4.79 Å². The Kier molecular flexibility index (Phi) is 4.96. The number of rotatable bonds is 5. The highest BCUT2D eigenvalue weighted by atomic mass is 35.5. The summed E-state index contributed by atoms with van der Waals surface area (Å²) in [5.74, 6) is -0.0403. The van der Waals surface area contributed by atoms with Crippen LogP contribution in [0.15, 0.2) is 54.7 Å². The van der Waals surface area contributed by atoms with Gasteiger partial charge in [-0.25, -0.2) is 0 Å². The Morgan fingerprint density at radius 3 is 2.77 bits per heavy atom. The number of halogens is 1. The summed E-state index contributed by atoms with van der Waals surface area (Å²) in [5, 5.41) is 4.82. The third-order valence-corrected chi connectivity index (χ3v) is 5.35. The molecule has 1 aromatic heterocycles. The molecule has 2 aromatic carbocycles. The van der Waals surface area contributed by atoms with E-state index in [0.717, 1.165) is 34.6 Å². The number of hydrogen-bond donors (Lipinski definition) is 2. The molecule has 1 aliphatic heterocycles. The number of H-pyrrole nitrogens is 1. The molecular weight excluding hydrogens is 346 g/mol. The predicted octanol–water partition coefficient (Wildman–Crippen LogP) is 4.39. The van der Waals surface area contributed by atoms with Crippen molar-refractivity contribution in [1.82, 2.24) is 15.2 Å². The van der Waals surface area contributed by atoms with Gasteiger partial charge in [-0.3, -0.25) is 9.69 Å². The Morgan fingerprint density at radius 1 is 1.15 bits per heavy atom. The predicted molar refractivity (Wildman–Crippen MR) is 106 cm³/mol. The minimum Gasteiger partial charge on any atom is -0.361 e. The zero-order valence-corrected chi connectivity index (χ0v) is 15.3. The molecule has 1 saturated heterocycles. The molecule has 26 heavy (non-hydrogen) atoms. The monoisotopic (exact) mass is 367 g/mol. The van der Waals surface area contributed by atoms with Crippen molar-refractivity contribution < 1.29 is 4.79 Å². The molecule has 2 N–H and O–H groups in total. The molecule has 134 valence electrons. The van der Waals surface area contributed by atoms with Crippen LogP contribution in [0.4, 0.5) is 0 Å². The van der Waals surface area contributed by atoms with Gasteiger partial charge in [-0.05, 0) is 61.8 Å². The zero-order valence-electron chi connectivity index (χ0n) is 14.5. The van der Waals surface area contributed by atoms with Crippen LogP contribution < -0.4 is 5.32 Å². The molecule has 1 fully saturated rings. The normalized spacial score (nSPS) is 16.0. The highest BCUT2D eigenvalue weighted by Crippen LogP contribution is 2.27. The molecule has 0 spiro atoms. The minimum atomic E-state index is -0.0403. The number of nitrogens with zero attached hydrogens (tertiary/aromatic N) is 1. The molecule has 5 heteroatoms. The number of fused-ring (bicyclic) bond motifs is 1. The molecule has 0 bridgehead atoms. The van der Waals surface area contributed by atoms with Gasteiger partial charge in [0, 0.05) is 34.2 Å². The SMILES string of the molecule is O=C(NCC(c1cccc(Cl)c1)N1CCCC1)c1cccc2[nH]ccc12. The summed E-state index contributed by atoms with van der Waals surface area (Å²) in [7, 11) is 0. The summed E-state index contributed by atoms with van der Waals surface area (Å²) in [4.78, 5) is 18.4. The van der Waals surface area contributed by atoms with Crippen LogP contribution in [-0.2, 0) is 0 Å². The summed E-state index contributed by atoms with van der Waals surface area (Å²) >= 11 is 6.20. The molecule has 1 atom stereocenters. The number of carbonyl (C=O) groups is 1. The lowest BCUT2D eigenvalue weighted by molar-refractivity contribution is 0.0939. The Hall–Kier alpha value is -2.30. The van der Waals surface area contributed by atoms with Crippen molar-refractivity contribution in [3.63, 3.8) is 0 Å². The summed E-state index contributed by atoms with van der Waals surface area (Å²) in [6.45, 7) is 2.68. The van der Waals surface area contributed by atoms with Crippen molar-refractivity contribution in [2.24, 2.45) is 0 Å². The third kappa shape index (κ3) is 3.48. The van der Waals surface area contributed by atoms with Gasteiger partial charge in [-0.1, -0.05) is 29.8 Å². The van der Waals surface area contributed by atoms with E-state index in [1.165, 1.54) is 12.8 Å². The van der Waals surface area contributed by atoms with Crippen LogP contribution in [0.1, 0.15) is 34.8 Å². The van der Waals surface area contributed by atoms with E-state index >= 15 is 0 Å². The molecule has 0 aliphatic carbocycles. The third-order valence-electron chi connectivity index (χ3n) is 5.11. The van der Waals surface area contributed by atoms with Crippen molar-refractivity contribution >= 4 is 28.4 Å². The van der Waals surface area contributed by atoms with Crippen molar-refractivity contribution in [1.29, 1.82) is 0 Å². The summed E-state index contributed by atoms with van der Waals surface area (Å²) < 4.78 is 0. The first kappa shape index (κ1) is 17.1. The van der Waals surface area contributed by atoms with Gasteiger partial charge in [0.25, 0.3) is 5.91 Å². The number of hydrogen-bond acceptors (Lipinski definition) is 2. The van der Waals surface area contributed by atoms with Crippen LogP contribution in [-0.4, -0.2) is 35.4 Å². The topological polar surface area (TPSA) is 48.1 Å². The van der Waals surface area contributed by atoms with Gasteiger partial charge in [0.2, 0.25) is 0 Å². The minimum absolute atomic E-state index is 0.0403. The second-order valence-corrected chi connectivity index (χ2v) is 7.20. The van der Waals surface area contributed by atoms with Crippen LogP contribution in [0.25, 0.3) is 10.9 Å². The standard InChI is InChI=1S/C21H22ClN3O/c22-16-6-3-5-15(13-16)20(25-11-1-2-12-25)14-24-21(26)18-7-4-8-19-17(18)9-10-23-19/h3-10,13,20,23H,1-2,11-12,14H2,(H,24,26). The van der Waals surface area contributed by atoms with Gasteiger partial charge in [0.1, 0.15) is 0 Å². The molecule has 4 nitrogen and oxygen atoms in total. The van der Waals surface area contributed by atoms with Crippen molar-refractivity contribution in [2.75, 3.05) is 19.6 Å². The van der Waals surface area contributed by atoms with Gasteiger partial charge >= 0.3 is 0 Å². The van der Waals surface area contributed by atoms with Gasteiger partial charge in [0.05, 0.1) is 6.04 Å². The van der Waals surface area contributed by atoms with E-state index in [2.05, 4.69) is 21.3 Å². The number of carbonyl (C=O) groups excluding carboxylic acids is 1. The van der Waals surface area contributed by atoms with E-state index in [-0.39, 0.29) is 11.9 Å². The van der Waals surface area contributed by atoms with Crippen LogP contribution in [0, 0.1) is 0 Å². The molecule has 2 heterocycles. The molecular formula is C21H22ClN3O. The molecule has 0 saturated carbocycles. The van der Waals surface area contributed by atoms with Gasteiger partial charge < -0.3 is 10.3 Å². The van der Waals surface area contributed by atoms with Gasteiger partial charge in [-0.15, -0.1) is 0 Å². The molecule has 1 unspecified atom stereocenters. The second-order valence-electron chi connectivity index (χ2n) is 6.77. The quantitative estimate of drug-likeness (QED) is 0.702. The van der Waals surface area contributed by atoms with Crippen molar-refractivity contribution in [2.45, 2.75) is 18.9 Å². The lowest BCUT2D eigenvalue weighted by atomic mass is 10.0. The first-order chi connectivity index (χ1) is 12.7. The molecule has 0 radical (unpaired) electrons. The summed E-state index contributed by atoms with van der Waals surface area (Å²) in [5.41, 5.74) is 2.83. The van der Waals surface area contributed by atoms with Gasteiger partial charge in [-0.2, -0.15) is 0 Å². The number of amides is 1. The number of aromatic nitrogens is 1. The van der Waals surface area contributed by atoms with Gasteiger partial charge in [0.15, 0.2) is 0 Å². The van der Waals surface area contributed by atoms with E-state index in [4.69, 9.17) is 11.6 Å². The second kappa shape index (κ2) is 7.52. The van der Waals surface area contributed by atoms with E-state index < -0.39 is 0 Å². The van der Waals surface area contributed by atoms with Crippen LogP contribution in [0.5, 0.6) is 0 Å². The maximum absolute atomic E-state index is 12.8. The maximum atomic E-state index is 12.8. The fourth-order valence-corrected chi connectivity index (χ4v) is 3.99. The maximum Gasteiger partial charge on any atom is 0.252 e. The smallest absolute Gasteiger partial charge is 0.252 e. The lowest BCUT2D eigenvalue weighted by Gasteiger charge is -2.28. The van der Waals surface area contributed by atoms with Crippen LogP contribution in [0.2, 0.25) is 5.02 Å². The van der Waals surface area contributed by atoms with Crippen LogP contribution in [0.3, 0.4) is 0 Å².